The smallest absolute Gasteiger partial charge is 0.119 e. The van der Waals surface area contributed by atoms with Crippen molar-refractivity contribution in [2.75, 3.05) is 7.11 Å². The van der Waals surface area contributed by atoms with E-state index in [0.717, 1.165) is 12.3 Å². The number of ether oxygens (including phenoxy) is 1. The summed E-state index contributed by atoms with van der Waals surface area (Å²) in [5.74, 6) is 0.899. The van der Waals surface area contributed by atoms with Crippen molar-refractivity contribution in [2.45, 2.75) is 58.5 Å². The second-order valence-corrected chi connectivity index (χ2v) is 6.65. The summed E-state index contributed by atoms with van der Waals surface area (Å²) in [6.07, 6.45) is 6.82. The molecular formula is C20H28N2O. The van der Waals surface area contributed by atoms with Crippen molar-refractivity contribution >= 4 is 0 Å². The summed E-state index contributed by atoms with van der Waals surface area (Å²) in [6, 6.07) is 11.3. The highest BCUT2D eigenvalue weighted by Gasteiger charge is 2.15. The zero-order valence-electron chi connectivity index (χ0n) is 14.6. The summed E-state index contributed by atoms with van der Waals surface area (Å²) in [4.78, 5) is 0. The van der Waals surface area contributed by atoms with Gasteiger partial charge >= 0.3 is 0 Å². The van der Waals surface area contributed by atoms with Crippen LogP contribution in [0.3, 0.4) is 0 Å². The second-order valence-electron chi connectivity index (χ2n) is 6.65. The van der Waals surface area contributed by atoms with E-state index >= 15 is 0 Å². The molecule has 1 aromatic carbocycles. The third kappa shape index (κ3) is 3.61. The molecule has 0 saturated heterocycles. The Morgan fingerprint density at radius 2 is 1.78 bits per heavy atom. The monoisotopic (exact) mass is 312 g/mol. The molecule has 1 heterocycles. The molecule has 0 radical (unpaired) electrons. The van der Waals surface area contributed by atoms with Crippen LogP contribution < -0.4 is 10.1 Å². The van der Waals surface area contributed by atoms with Crippen LogP contribution in [-0.4, -0.2) is 17.7 Å². The van der Waals surface area contributed by atoms with E-state index in [1.807, 2.05) is 12.1 Å². The van der Waals surface area contributed by atoms with Gasteiger partial charge in [-0.05, 0) is 62.6 Å². The highest BCUT2D eigenvalue weighted by Crippen LogP contribution is 2.24. The van der Waals surface area contributed by atoms with Crippen molar-refractivity contribution in [3.05, 3.63) is 47.3 Å². The summed E-state index contributed by atoms with van der Waals surface area (Å²) in [7, 11) is 1.70. The number of rotatable bonds is 5. The maximum absolute atomic E-state index is 5.26. The minimum absolute atomic E-state index is 0.702. The van der Waals surface area contributed by atoms with Gasteiger partial charge in [-0.1, -0.05) is 19.3 Å². The average molecular weight is 312 g/mol. The molecule has 3 nitrogen and oxygen atoms in total. The van der Waals surface area contributed by atoms with E-state index in [4.69, 9.17) is 4.74 Å². The predicted octanol–water partition coefficient (Wildman–Crippen LogP) is 4.53. The van der Waals surface area contributed by atoms with E-state index in [1.54, 1.807) is 7.11 Å². The van der Waals surface area contributed by atoms with Crippen molar-refractivity contribution in [1.29, 1.82) is 0 Å². The lowest BCUT2D eigenvalue weighted by atomic mass is 9.95. The molecule has 2 aromatic rings. The van der Waals surface area contributed by atoms with E-state index in [9.17, 15) is 0 Å². The summed E-state index contributed by atoms with van der Waals surface area (Å²) in [5.41, 5.74) is 5.22. The van der Waals surface area contributed by atoms with Gasteiger partial charge in [0.25, 0.3) is 0 Å². The molecule has 0 bridgehead atoms. The first-order chi connectivity index (χ1) is 11.2. The molecule has 23 heavy (non-hydrogen) atoms. The van der Waals surface area contributed by atoms with Gasteiger partial charge in [0.1, 0.15) is 5.75 Å². The Balaban J connectivity index is 1.75. The molecule has 0 aliphatic heterocycles. The fourth-order valence-corrected chi connectivity index (χ4v) is 3.70. The van der Waals surface area contributed by atoms with Crippen molar-refractivity contribution in [3.63, 3.8) is 0 Å². The topological polar surface area (TPSA) is 26.2 Å². The average Bonchev–Trinajstić information content (AvgIpc) is 2.88. The minimum Gasteiger partial charge on any atom is -0.497 e. The molecule has 1 aliphatic rings. The lowest BCUT2D eigenvalue weighted by Crippen LogP contribution is -2.30. The van der Waals surface area contributed by atoms with E-state index < -0.39 is 0 Å². The molecule has 3 heteroatoms. The van der Waals surface area contributed by atoms with Crippen molar-refractivity contribution < 1.29 is 4.74 Å². The number of hydrogen-bond donors (Lipinski definition) is 1. The third-order valence-electron chi connectivity index (χ3n) is 5.05. The van der Waals surface area contributed by atoms with Gasteiger partial charge in [-0.15, -0.1) is 0 Å². The zero-order chi connectivity index (χ0) is 16.2. The summed E-state index contributed by atoms with van der Waals surface area (Å²) in [5, 5.41) is 3.76. The Morgan fingerprint density at radius 3 is 2.43 bits per heavy atom. The van der Waals surface area contributed by atoms with Crippen LogP contribution in [0.2, 0.25) is 0 Å². The van der Waals surface area contributed by atoms with Crippen LogP contribution in [0.1, 0.15) is 49.1 Å². The molecule has 0 spiro atoms. The molecule has 124 valence electrons. The van der Waals surface area contributed by atoms with Gasteiger partial charge in [-0.3, -0.25) is 0 Å². The maximum Gasteiger partial charge on any atom is 0.119 e. The van der Waals surface area contributed by atoms with Crippen LogP contribution in [0, 0.1) is 13.8 Å². The molecule has 0 atom stereocenters. The van der Waals surface area contributed by atoms with Crippen LogP contribution in [-0.2, 0) is 6.54 Å². The first-order valence-electron chi connectivity index (χ1n) is 8.74. The molecule has 3 rings (SSSR count). The fourth-order valence-electron chi connectivity index (χ4n) is 3.70. The number of hydrogen-bond acceptors (Lipinski definition) is 2. The fraction of sp³-hybridized carbons (Fsp3) is 0.500. The zero-order valence-corrected chi connectivity index (χ0v) is 14.6. The lowest BCUT2D eigenvalue weighted by Gasteiger charge is -2.22. The van der Waals surface area contributed by atoms with Gasteiger partial charge < -0.3 is 14.6 Å². The molecule has 0 amide bonds. The molecule has 1 N–H and O–H groups in total. The van der Waals surface area contributed by atoms with Gasteiger partial charge in [0.2, 0.25) is 0 Å². The molecule has 0 unspecified atom stereocenters. The quantitative estimate of drug-likeness (QED) is 0.878. The number of nitrogens with zero attached hydrogens (tertiary/aromatic N) is 1. The van der Waals surface area contributed by atoms with Crippen molar-refractivity contribution in [2.24, 2.45) is 0 Å². The Kier molecular flexibility index (Phi) is 5.06. The number of aromatic nitrogens is 1. The van der Waals surface area contributed by atoms with Crippen molar-refractivity contribution in [3.8, 4) is 11.4 Å². The Hall–Kier alpha value is -1.74. The first kappa shape index (κ1) is 16.1. The SMILES string of the molecule is COc1ccc(-n2c(C)cc(CNC3CCCCC3)c2C)cc1. The van der Waals surface area contributed by atoms with Crippen LogP contribution in [0.15, 0.2) is 30.3 Å². The van der Waals surface area contributed by atoms with Gasteiger partial charge in [0, 0.05) is 29.7 Å². The molecule has 1 aliphatic carbocycles. The van der Waals surface area contributed by atoms with E-state index in [0.29, 0.717) is 6.04 Å². The minimum atomic E-state index is 0.702. The van der Waals surface area contributed by atoms with Gasteiger partial charge in [-0.25, -0.2) is 0 Å². The van der Waals surface area contributed by atoms with Crippen LogP contribution >= 0.6 is 0 Å². The largest absolute Gasteiger partial charge is 0.497 e. The summed E-state index contributed by atoms with van der Waals surface area (Å²) in [6.45, 7) is 5.37. The van der Waals surface area contributed by atoms with Gasteiger partial charge in [0.15, 0.2) is 0 Å². The molecule has 1 fully saturated rings. The van der Waals surface area contributed by atoms with Gasteiger partial charge in [-0.2, -0.15) is 0 Å². The van der Waals surface area contributed by atoms with E-state index in [1.165, 1.54) is 54.7 Å². The summed E-state index contributed by atoms with van der Waals surface area (Å²) < 4.78 is 7.59. The Labute approximate surface area is 139 Å². The summed E-state index contributed by atoms with van der Waals surface area (Å²) >= 11 is 0. The number of nitrogens with one attached hydrogen (secondary N) is 1. The van der Waals surface area contributed by atoms with Crippen LogP contribution in [0.25, 0.3) is 5.69 Å². The normalized spacial score (nSPS) is 15.8. The van der Waals surface area contributed by atoms with Crippen molar-refractivity contribution in [1.82, 2.24) is 9.88 Å². The second kappa shape index (κ2) is 7.22. The molecule has 1 saturated carbocycles. The van der Waals surface area contributed by atoms with Crippen LogP contribution in [0.4, 0.5) is 0 Å². The highest BCUT2D eigenvalue weighted by molar-refractivity contribution is 5.43. The predicted molar refractivity (Wildman–Crippen MR) is 95.5 cm³/mol. The number of benzene rings is 1. The Morgan fingerprint density at radius 1 is 1.09 bits per heavy atom. The highest BCUT2D eigenvalue weighted by atomic mass is 16.5. The van der Waals surface area contributed by atoms with E-state index in [-0.39, 0.29) is 0 Å². The number of methoxy groups -OCH3 is 1. The number of aryl methyl sites for hydroxylation is 1. The lowest BCUT2D eigenvalue weighted by molar-refractivity contribution is 0.372. The first-order valence-corrected chi connectivity index (χ1v) is 8.74. The molecule has 1 aromatic heterocycles. The van der Waals surface area contributed by atoms with Crippen LogP contribution in [0.5, 0.6) is 5.75 Å². The van der Waals surface area contributed by atoms with Gasteiger partial charge in [0.05, 0.1) is 7.11 Å². The maximum atomic E-state index is 5.26. The van der Waals surface area contributed by atoms with E-state index in [2.05, 4.69) is 41.9 Å². The third-order valence-corrected chi connectivity index (χ3v) is 5.05. The standard InChI is InChI=1S/C20H28N2O/c1-15-13-17(14-21-18-7-5-4-6-8-18)16(2)22(15)19-9-11-20(23-3)12-10-19/h9-13,18,21H,4-8,14H2,1-3H3. The molecular weight excluding hydrogens is 284 g/mol. The Bertz CT molecular complexity index is 636.